The van der Waals surface area contributed by atoms with Crippen LogP contribution in [-0.2, 0) is 25.3 Å². The van der Waals surface area contributed by atoms with Crippen LogP contribution in [0.4, 0.5) is 0 Å². The highest BCUT2D eigenvalue weighted by atomic mass is 32.2. The normalized spacial score (nSPS) is 43.4. The monoisotopic (exact) mass is 501 g/mol. The molecule has 7 heteroatoms. The second-order valence-corrected chi connectivity index (χ2v) is 13.8. The minimum absolute atomic E-state index is 0.419. The molecule has 7 aliphatic rings. The van der Waals surface area contributed by atoms with Crippen molar-refractivity contribution in [2.75, 3.05) is 37.7 Å². The molecule has 192 valence electrons. The van der Waals surface area contributed by atoms with Gasteiger partial charge < -0.3 is 9.47 Å². The molecule has 0 N–H and O–H groups in total. The maximum atomic E-state index is 11.5. The molecule has 1 aromatic carbocycles. The second kappa shape index (κ2) is 9.09. The molecular weight excluding hydrogens is 462 g/mol. The zero-order chi connectivity index (χ0) is 23.5. The third-order valence-electron chi connectivity index (χ3n) is 9.91. The van der Waals surface area contributed by atoms with Crippen LogP contribution in [0.1, 0.15) is 69.3 Å². The third kappa shape index (κ3) is 4.29. The summed E-state index contributed by atoms with van der Waals surface area (Å²) >= 11 is 0. The lowest BCUT2D eigenvalue weighted by Gasteiger charge is -2.57. The molecule has 2 heterocycles. The Balaban J connectivity index is 0.966. The fourth-order valence-corrected chi connectivity index (χ4v) is 9.42. The molecule has 2 spiro atoms. The standard InChI is InChI=1S/C28H39NO5S/c30-35-12-9-29(10-13-35)8-11-31-26-5-3-22(4-6-26)23-2-1-7-27(19-23)32-28(34-33-27)24-15-20-14-21(17-24)18-25(28)16-20/h3-6,20-21,23-25H,1-2,7-19H2/t20?,21?,23-,24?,25?,27-,28?/m1/s1. The molecule has 0 aromatic heterocycles. The summed E-state index contributed by atoms with van der Waals surface area (Å²) in [6, 6.07) is 8.65. The number of hydrogen-bond acceptors (Lipinski definition) is 6. The zero-order valence-corrected chi connectivity index (χ0v) is 21.5. The first kappa shape index (κ1) is 23.2. The van der Waals surface area contributed by atoms with E-state index in [2.05, 4.69) is 29.2 Å². The Labute approximate surface area is 211 Å². The van der Waals surface area contributed by atoms with Crippen LogP contribution in [-0.4, -0.2) is 58.4 Å². The highest BCUT2D eigenvalue weighted by Gasteiger charge is 2.67. The van der Waals surface area contributed by atoms with Gasteiger partial charge in [0.1, 0.15) is 12.4 Å². The van der Waals surface area contributed by atoms with E-state index in [-0.39, 0.29) is 0 Å². The molecule has 2 aliphatic heterocycles. The molecule has 0 unspecified atom stereocenters. The number of hydrogen-bond donors (Lipinski definition) is 0. The van der Waals surface area contributed by atoms with Crippen molar-refractivity contribution < 1.29 is 23.5 Å². The molecule has 0 radical (unpaired) electrons. The highest BCUT2D eigenvalue weighted by Crippen LogP contribution is 2.64. The molecule has 1 aromatic rings. The van der Waals surface area contributed by atoms with Crippen LogP contribution in [0.3, 0.4) is 0 Å². The van der Waals surface area contributed by atoms with Gasteiger partial charge in [0.15, 0.2) is 0 Å². The Hall–Kier alpha value is -0.990. The summed E-state index contributed by atoms with van der Waals surface area (Å²) in [4.78, 5) is 14.8. The first-order valence-electron chi connectivity index (χ1n) is 14.0. The van der Waals surface area contributed by atoms with E-state index in [4.69, 9.17) is 19.2 Å². The molecule has 8 rings (SSSR count). The average Bonchev–Trinajstić information content (AvgIpc) is 3.23. The van der Waals surface area contributed by atoms with Crippen molar-refractivity contribution in [3.8, 4) is 5.75 Å². The lowest BCUT2D eigenvalue weighted by Crippen LogP contribution is -2.59. The van der Waals surface area contributed by atoms with Crippen LogP contribution in [0.2, 0.25) is 0 Å². The van der Waals surface area contributed by atoms with Gasteiger partial charge in [-0.3, -0.25) is 9.11 Å². The van der Waals surface area contributed by atoms with E-state index in [1.54, 1.807) is 0 Å². The van der Waals surface area contributed by atoms with Crippen LogP contribution in [0.15, 0.2) is 24.3 Å². The second-order valence-electron chi connectivity index (χ2n) is 12.1. The summed E-state index contributed by atoms with van der Waals surface area (Å²) in [5.41, 5.74) is 1.34. The first-order chi connectivity index (χ1) is 17.1. The summed E-state index contributed by atoms with van der Waals surface area (Å²) in [5, 5.41) is 0. The van der Waals surface area contributed by atoms with Crippen molar-refractivity contribution in [2.45, 2.75) is 75.3 Å². The Morgan fingerprint density at radius 1 is 0.971 bits per heavy atom. The average molecular weight is 502 g/mol. The number of rotatable bonds is 5. The Bertz CT molecular complexity index is 915. The fourth-order valence-electron chi connectivity index (χ4n) is 8.29. The molecular formula is C28H39NO5S. The van der Waals surface area contributed by atoms with Gasteiger partial charge in [0.25, 0.3) is 0 Å². The summed E-state index contributed by atoms with van der Waals surface area (Å²) in [5.74, 6) is 4.67. The summed E-state index contributed by atoms with van der Waals surface area (Å²) in [6.45, 7) is 3.39. The minimum atomic E-state index is -0.624. The van der Waals surface area contributed by atoms with Gasteiger partial charge in [0, 0.05) is 66.6 Å². The molecule has 7 fully saturated rings. The van der Waals surface area contributed by atoms with Crippen molar-refractivity contribution in [3.05, 3.63) is 29.8 Å². The van der Waals surface area contributed by atoms with Crippen LogP contribution in [0.5, 0.6) is 5.75 Å². The van der Waals surface area contributed by atoms with Crippen molar-refractivity contribution in [3.63, 3.8) is 0 Å². The Kier molecular flexibility index (Phi) is 6.01. The Morgan fingerprint density at radius 2 is 1.69 bits per heavy atom. The number of ether oxygens (including phenoxy) is 2. The van der Waals surface area contributed by atoms with Gasteiger partial charge in [0.05, 0.1) is 0 Å². The molecule has 2 atom stereocenters. The van der Waals surface area contributed by atoms with Crippen LogP contribution in [0, 0.1) is 23.7 Å². The fraction of sp³-hybridized carbons (Fsp3) is 0.786. The zero-order valence-electron chi connectivity index (χ0n) is 20.7. The van der Waals surface area contributed by atoms with Crippen molar-refractivity contribution in [1.29, 1.82) is 0 Å². The van der Waals surface area contributed by atoms with Gasteiger partial charge in [0.2, 0.25) is 11.6 Å². The number of nitrogens with zero attached hydrogens (tertiary/aromatic N) is 1. The van der Waals surface area contributed by atoms with E-state index in [0.29, 0.717) is 24.4 Å². The number of benzene rings is 1. The van der Waals surface area contributed by atoms with Gasteiger partial charge in [-0.15, -0.1) is 0 Å². The summed E-state index contributed by atoms with van der Waals surface area (Å²) < 4.78 is 24.5. The van der Waals surface area contributed by atoms with Crippen LogP contribution < -0.4 is 4.74 Å². The molecule has 6 nitrogen and oxygen atoms in total. The van der Waals surface area contributed by atoms with E-state index in [1.807, 2.05) is 0 Å². The van der Waals surface area contributed by atoms with Gasteiger partial charge in [-0.05, 0) is 80.4 Å². The van der Waals surface area contributed by atoms with Crippen LogP contribution >= 0.6 is 0 Å². The van der Waals surface area contributed by atoms with Crippen molar-refractivity contribution >= 4 is 10.8 Å². The van der Waals surface area contributed by atoms with Crippen molar-refractivity contribution in [1.82, 2.24) is 4.90 Å². The third-order valence-corrected chi connectivity index (χ3v) is 11.2. The predicted octanol–water partition coefficient (Wildman–Crippen LogP) is 4.61. The van der Waals surface area contributed by atoms with Gasteiger partial charge in [-0.1, -0.05) is 12.1 Å². The molecule has 5 aliphatic carbocycles. The predicted molar refractivity (Wildman–Crippen MR) is 133 cm³/mol. The SMILES string of the molecule is O=S1CCN(CCOc2ccc([C@@H]3CCC[C@]4(C3)OOC3(O4)C4CC5CC(C4)CC3C5)cc2)CC1. The van der Waals surface area contributed by atoms with E-state index < -0.39 is 22.4 Å². The molecule has 35 heavy (non-hydrogen) atoms. The van der Waals surface area contributed by atoms with E-state index in [9.17, 15) is 4.21 Å². The minimum Gasteiger partial charge on any atom is -0.492 e. The molecule has 0 amide bonds. The molecule has 2 saturated heterocycles. The highest BCUT2D eigenvalue weighted by molar-refractivity contribution is 7.85. The first-order valence-corrected chi connectivity index (χ1v) is 15.5. The van der Waals surface area contributed by atoms with Crippen LogP contribution in [0.25, 0.3) is 0 Å². The molecule has 4 bridgehead atoms. The molecule has 5 saturated carbocycles. The van der Waals surface area contributed by atoms with E-state index in [0.717, 1.165) is 74.4 Å². The van der Waals surface area contributed by atoms with Gasteiger partial charge in [-0.2, -0.15) is 9.78 Å². The summed E-state index contributed by atoms with van der Waals surface area (Å²) in [7, 11) is -0.624. The Morgan fingerprint density at radius 3 is 2.40 bits per heavy atom. The quantitative estimate of drug-likeness (QED) is 0.549. The summed E-state index contributed by atoms with van der Waals surface area (Å²) in [6.07, 6.45) is 10.5. The topological polar surface area (TPSA) is 57.2 Å². The van der Waals surface area contributed by atoms with Gasteiger partial charge >= 0.3 is 0 Å². The lowest BCUT2D eigenvalue weighted by atomic mass is 9.53. The largest absolute Gasteiger partial charge is 0.492 e. The van der Waals surface area contributed by atoms with Crippen molar-refractivity contribution in [2.24, 2.45) is 23.7 Å². The van der Waals surface area contributed by atoms with Gasteiger partial charge in [-0.25, -0.2) is 0 Å². The maximum absolute atomic E-state index is 11.5. The van der Waals surface area contributed by atoms with E-state index >= 15 is 0 Å². The lowest BCUT2D eigenvalue weighted by molar-refractivity contribution is -0.390. The van der Waals surface area contributed by atoms with E-state index in [1.165, 1.54) is 37.7 Å². The maximum Gasteiger partial charge on any atom is 0.210 e. The smallest absolute Gasteiger partial charge is 0.210 e.